The quantitative estimate of drug-likeness (QED) is 0.173. The Morgan fingerprint density at radius 3 is 2.22 bits per heavy atom. The van der Waals surface area contributed by atoms with Gasteiger partial charge in [-0.15, -0.1) is 24.0 Å². The van der Waals surface area contributed by atoms with Gasteiger partial charge in [-0.3, -0.25) is 9.89 Å². The summed E-state index contributed by atoms with van der Waals surface area (Å²) >= 11 is 0. The summed E-state index contributed by atoms with van der Waals surface area (Å²) in [5.41, 5.74) is 0. The highest BCUT2D eigenvalue weighted by molar-refractivity contribution is 14.0. The van der Waals surface area contributed by atoms with Crippen molar-refractivity contribution in [2.75, 3.05) is 52.9 Å². The number of aliphatic imine (C=N–C) groups is 1. The van der Waals surface area contributed by atoms with E-state index in [1.807, 2.05) is 6.92 Å². The molecule has 0 saturated heterocycles. The minimum Gasteiger partial charge on any atom is -0.357 e. The van der Waals surface area contributed by atoms with Crippen LogP contribution in [0.2, 0.25) is 0 Å². The van der Waals surface area contributed by atoms with E-state index in [-0.39, 0.29) is 24.0 Å². The maximum absolute atomic E-state index is 12.3. The van der Waals surface area contributed by atoms with Crippen LogP contribution in [0.1, 0.15) is 47.0 Å². The summed E-state index contributed by atoms with van der Waals surface area (Å²) in [6, 6.07) is 0.302. The van der Waals surface area contributed by atoms with Gasteiger partial charge in [0.2, 0.25) is 0 Å². The monoisotopic (exact) mass is 509 g/mol. The molecule has 0 spiro atoms. The highest BCUT2D eigenvalue weighted by atomic mass is 127. The van der Waals surface area contributed by atoms with Gasteiger partial charge in [0.1, 0.15) is 0 Å². The van der Waals surface area contributed by atoms with E-state index >= 15 is 0 Å². The fourth-order valence-corrected chi connectivity index (χ4v) is 2.70. The number of halogens is 4. The predicted octanol–water partition coefficient (Wildman–Crippen LogP) is 3.55. The molecule has 27 heavy (non-hydrogen) atoms. The van der Waals surface area contributed by atoms with E-state index in [0.717, 1.165) is 45.0 Å². The first-order valence-corrected chi connectivity index (χ1v) is 9.74. The van der Waals surface area contributed by atoms with Crippen molar-refractivity contribution in [3.05, 3.63) is 0 Å². The molecular formula is C18H39F3IN5. The molecule has 0 heterocycles. The Labute approximate surface area is 180 Å². The summed E-state index contributed by atoms with van der Waals surface area (Å²) in [7, 11) is 1.48. The number of hydrogen-bond acceptors (Lipinski definition) is 3. The van der Waals surface area contributed by atoms with Gasteiger partial charge in [-0.05, 0) is 66.3 Å². The molecule has 0 aromatic rings. The van der Waals surface area contributed by atoms with Gasteiger partial charge in [0.25, 0.3) is 0 Å². The van der Waals surface area contributed by atoms with Crippen molar-refractivity contribution in [1.29, 1.82) is 0 Å². The zero-order valence-electron chi connectivity index (χ0n) is 17.5. The van der Waals surface area contributed by atoms with Gasteiger partial charge in [0.05, 0.1) is 6.54 Å². The van der Waals surface area contributed by atoms with Gasteiger partial charge < -0.3 is 15.5 Å². The van der Waals surface area contributed by atoms with Crippen molar-refractivity contribution in [2.24, 2.45) is 4.99 Å². The second-order valence-electron chi connectivity index (χ2n) is 6.68. The SMILES string of the molecule is CCNC(=NCCCN(C)CC(F)(F)F)NC(C)CCCN(CC)CC.I. The first kappa shape index (κ1) is 28.9. The Hall–Kier alpha value is -0.290. The number of rotatable bonds is 13. The third-order valence-corrected chi connectivity index (χ3v) is 4.15. The Morgan fingerprint density at radius 1 is 1.07 bits per heavy atom. The predicted molar refractivity (Wildman–Crippen MR) is 119 cm³/mol. The van der Waals surface area contributed by atoms with Crippen LogP contribution in [0.25, 0.3) is 0 Å². The Kier molecular flexibility index (Phi) is 17.8. The lowest BCUT2D eigenvalue weighted by atomic mass is 10.2. The van der Waals surface area contributed by atoms with E-state index in [1.54, 1.807) is 0 Å². The molecule has 0 aliphatic heterocycles. The molecule has 1 atom stereocenters. The lowest BCUT2D eigenvalue weighted by Gasteiger charge is -2.21. The summed E-state index contributed by atoms with van der Waals surface area (Å²) in [6.45, 7) is 12.5. The maximum atomic E-state index is 12.3. The van der Waals surface area contributed by atoms with Crippen molar-refractivity contribution in [3.8, 4) is 0 Å². The molecule has 2 N–H and O–H groups in total. The van der Waals surface area contributed by atoms with Crippen LogP contribution in [0.15, 0.2) is 4.99 Å². The van der Waals surface area contributed by atoms with Gasteiger partial charge in [-0.1, -0.05) is 13.8 Å². The smallest absolute Gasteiger partial charge is 0.357 e. The molecule has 0 aliphatic carbocycles. The summed E-state index contributed by atoms with van der Waals surface area (Å²) < 4.78 is 36.9. The normalized spacial score (nSPS) is 13.6. The zero-order chi connectivity index (χ0) is 20.0. The Balaban J connectivity index is 0. The van der Waals surface area contributed by atoms with Gasteiger partial charge in [0.15, 0.2) is 5.96 Å². The van der Waals surface area contributed by atoms with E-state index < -0.39 is 12.7 Å². The lowest BCUT2D eigenvalue weighted by molar-refractivity contribution is -0.143. The molecule has 0 rings (SSSR count). The van der Waals surface area contributed by atoms with Crippen molar-refractivity contribution >= 4 is 29.9 Å². The maximum Gasteiger partial charge on any atom is 0.401 e. The van der Waals surface area contributed by atoms with E-state index in [0.29, 0.717) is 25.6 Å². The third kappa shape index (κ3) is 17.5. The third-order valence-electron chi connectivity index (χ3n) is 4.15. The van der Waals surface area contributed by atoms with Gasteiger partial charge in [-0.2, -0.15) is 13.2 Å². The number of guanidine groups is 1. The van der Waals surface area contributed by atoms with Crippen molar-refractivity contribution in [2.45, 2.75) is 59.2 Å². The first-order valence-electron chi connectivity index (χ1n) is 9.74. The summed E-state index contributed by atoms with van der Waals surface area (Å²) in [6.07, 6.45) is -1.37. The molecular weight excluding hydrogens is 470 g/mol. The van der Waals surface area contributed by atoms with E-state index in [1.165, 1.54) is 11.9 Å². The highest BCUT2D eigenvalue weighted by Crippen LogP contribution is 2.15. The molecule has 164 valence electrons. The fraction of sp³-hybridized carbons (Fsp3) is 0.944. The second-order valence-corrected chi connectivity index (χ2v) is 6.68. The van der Waals surface area contributed by atoms with E-state index in [4.69, 9.17) is 0 Å². The molecule has 0 fully saturated rings. The topological polar surface area (TPSA) is 42.9 Å². The molecule has 0 bridgehead atoms. The number of hydrogen-bond donors (Lipinski definition) is 2. The molecule has 5 nitrogen and oxygen atoms in total. The van der Waals surface area contributed by atoms with Crippen LogP contribution in [0.3, 0.4) is 0 Å². The van der Waals surface area contributed by atoms with Crippen LogP contribution >= 0.6 is 24.0 Å². The van der Waals surface area contributed by atoms with Crippen LogP contribution in [0.5, 0.6) is 0 Å². The average molecular weight is 509 g/mol. The van der Waals surface area contributed by atoms with Crippen LogP contribution in [0, 0.1) is 0 Å². The summed E-state index contributed by atoms with van der Waals surface area (Å²) in [5.74, 6) is 0.737. The number of nitrogens with one attached hydrogen (secondary N) is 2. The van der Waals surface area contributed by atoms with Crippen molar-refractivity contribution < 1.29 is 13.2 Å². The molecule has 0 aromatic carbocycles. The first-order chi connectivity index (χ1) is 12.2. The molecule has 0 radical (unpaired) electrons. The standard InChI is InChI=1S/C18H38F3N5.HI/c1-6-22-17(23-12-10-13-25(5)15-18(19,20)21)24-16(4)11-9-14-26(7-2)8-3;/h16H,6-15H2,1-5H3,(H2,22,23,24);1H. The zero-order valence-corrected chi connectivity index (χ0v) is 19.9. The van der Waals surface area contributed by atoms with Gasteiger partial charge >= 0.3 is 6.18 Å². The highest BCUT2D eigenvalue weighted by Gasteiger charge is 2.28. The molecule has 1 unspecified atom stereocenters. The average Bonchev–Trinajstić information content (AvgIpc) is 2.54. The van der Waals surface area contributed by atoms with Gasteiger partial charge in [0, 0.05) is 19.1 Å². The number of alkyl halides is 3. The van der Waals surface area contributed by atoms with Crippen LogP contribution in [-0.4, -0.2) is 80.8 Å². The summed E-state index contributed by atoms with van der Waals surface area (Å²) in [4.78, 5) is 8.16. The van der Waals surface area contributed by atoms with Crippen molar-refractivity contribution in [1.82, 2.24) is 20.4 Å². The lowest BCUT2D eigenvalue weighted by Crippen LogP contribution is -2.42. The molecule has 0 amide bonds. The van der Waals surface area contributed by atoms with Crippen molar-refractivity contribution in [3.63, 3.8) is 0 Å². The van der Waals surface area contributed by atoms with Crippen LogP contribution in [-0.2, 0) is 0 Å². The minimum absolute atomic E-state index is 0. The van der Waals surface area contributed by atoms with Crippen LogP contribution < -0.4 is 10.6 Å². The second kappa shape index (κ2) is 16.6. The number of nitrogens with zero attached hydrogens (tertiary/aromatic N) is 3. The van der Waals surface area contributed by atoms with E-state index in [9.17, 15) is 13.2 Å². The van der Waals surface area contributed by atoms with Gasteiger partial charge in [-0.25, -0.2) is 0 Å². The van der Waals surface area contributed by atoms with E-state index in [2.05, 4.69) is 41.3 Å². The summed E-state index contributed by atoms with van der Waals surface area (Å²) in [5, 5.41) is 6.58. The Morgan fingerprint density at radius 2 is 1.70 bits per heavy atom. The molecule has 0 saturated carbocycles. The molecule has 0 aliphatic rings. The molecule has 9 heteroatoms. The largest absolute Gasteiger partial charge is 0.401 e. The molecule has 0 aromatic heterocycles. The Bertz CT molecular complexity index is 376. The van der Waals surface area contributed by atoms with Crippen LogP contribution in [0.4, 0.5) is 13.2 Å². The fourth-order valence-electron chi connectivity index (χ4n) is 2.70. The minimum atomic E-state index is -4.14.